The average Bonchev–Trinajstić information content (AvgIpc) is 2.99. The Bertz CT molecular complexity index is 1010. The van der Waals surface area contributed by atoms with Gasteiger partial charge in [0, 0.05) is 11.4 Å². The van der Waals surface area contributed by atoms with E-state index in [-0.39, 0.29) is 5.91 Å². The second-order valence-corrected chi connectivity index (χ2v) is 8.01. The summed E-state index contributed by atoms with van der Waals surface area (Å²) in [6.07, 6.45) is 0. The molecule has 2 aromatic carbocycles. The van der Waals surface area contributed by atoms with Crippen LogP contribution in [0.3, 0.4) is 0 Å². The number of aromatic nitrogens is 1. The predicted molar refractivity (Wildman–Crippen MR) is 122 cm³/mol. The zero-order chi connectivity index (χ0) is 20.3. The molecule has 0 bridgehead atoms. The van der Waals surface area contributed by atoms with Crippen LogP contribution in [0.5, 0.6) is 0 Å². The molecule has 0 aliphatic carbocycles. The van der Waals surface area contributed by atoms with Gasteiger partial charge in [0.15, 0.2) is 10.2 Å². The van der Waals surface area contributed by atoms with E-state index in [1.165, 1.54) is 16.9 Å². The molecule has 7 heteroatoms. The van der Waals surface area contributed by atoms with Gasteiger partial charge in [0.1, 0.15) is 4.88 Å². The molecule has 0 fully saturated rings. The molecule has 144 valence electrons. The summed E-state index contributed by atoms with van der Waals surface area (Å²) in [5.74, 6) is -0.167. The number of hydrogen-bond donors (Lipinski definition) is 3. The number of thiocarbonyl (C=S) groups is 1. The Morgan fingerprint density at radius 2 is 1.61 bits per heavy atom. The molecule has 3 rings (SSSR count). The Labute approximate surface area is 174 Å². The van der Waals surface area contributed by atoms with Gasteiger partial charge >= 0.3 is 0 Å². The van der Waals surface area contributed by atoms with Crippen LogP contribution in [0.4, 0.5) is 16.5 Å². The van der Waals surface area contributed by atoms with Gasteiger partial charge < -0.3 is 16.0 Å². The van der Waals surface area contributed by atoms with Crippen LogP contribution in [0.25, 0.3) is 0 Å². The minimum Gasteiger partial charge on any atom is -0.332 e. The fraction of sp³-hybridized carbons (Fsp3) is 0.190. The number of rotatable bonds is 4. The van der Waals surface area contributed by atoms with Gasteiger partial charge in [-0.1, -0.05) is 47.2 Å². The number of carbonyl (C=O) groups excluding carboxylic acids is 1. The zero-order valence-corrected chi connectivity index (χ0v) is 17.8. The van der Waals surface area contributed by atoms with Gasteiger partial charge in [-0.05, 0) is 63.2 Å². The van der Waals surface area contributed by atoms with Crippen molar-refractivity contribution in [3.63, 3.8) is 0 Å². The van der Waals surface area contributed by atoms with Crippen molar-refractivity contribution in [1.29, 1.82) is 0 Å². The predicted octanol–water partition coefficient (Wildman–Crippen LogP) is 5.44. The average molecular weight is 411 g/mol. The minimum atomic E-state index is -0.167. The first-order valence-corrected chi connectivity index (χ1v) is 10.1. The van der Waals surface area contributed by atoms with E-state index in [1.54, 1.807) is 0 Å². The summed E-state index contributed by atoms with van der Waals surface area (Å²) in [6, 6.07) is 13.8. The van der Waals surface area contributed by atoms with E-state index in [0.717, 1.165) is 22.5 Å². The van der Waals surface area contributed by atoms with E-state index in [2.05, 4.69) is 33.1 Å². The summed E-state index contributed by atoms with van der Waals surface area (Å²) in [5.41, 5.74) is 5.65. The van der Waals surface area contributed by atoms with Crippen LogP contribution in [-0.2, 0) is 0 Å². The molecule has 3 aromatic rings. The molecule has 0 unspecified atom stereocenters. The molecule has 0 saturated carbocycles. The number of hydrogen-bond acceptors (Lipinski definition) is 4. The fourth-order valence-corrected chi connectivity index (χ4v) is 4.13. The van der Waals surface area contributed by atoms with Crippen molar-refractivity contribution < 1.29 is 4.79 Å². The van der Waals surface area contributed by atoms with Gasteiger partial charge in [-0.15, -0.1) is 0 Å². The molecule has 1 heterocycles. The molecule has 1 amide bonds. The molecule has 0 atom stereocenters. The first kappa shape index (κ1) is 20.0. The molecular weight excluding hydrogens is 388 g/mol. The third-order valence-corrected chi connectivity index (χ3v) is 5.45. The molecule has 0 aliphatic rings. The summed E-state index contributed by atoms with van der Waals surface area (Å²) in [6.45, 7) is 7.86. The minimum absolute atomic E-state index is 0.167. The van der Waals surface area contributed by atoms with Gasteiger partial charge in [-0.25, -0.2) is 4.98 Å². The highest BCUT2D eigenvalue weighted by Crippen LogP contribution is 2.27. The first-order chi connectivity index (χ1) is 13.3. The SMILES string of the molecule is Cc1cc(C)c(NC(=O)c2sc(NC(=S)Nc3ccccc3)nc2C)c(C)c1. The Morgan fingerprint density at radius 3 is 2.25 bits per heavy atom. The number of anilines is 3. The molecule has 3 N–H and O–H groups in total. The smallest absolute Gasteiger partial charge is 0.267 e. The zero-order valence-electron chi connectivity index (χ0n) is 16.2. The maximum absolute atomic E-state index is 12.8. The van der Waals surface area contributed by atoms with Gasteiger partial charge in [-0.3, -0.25) is 4.79 Å². The lowest BCUT2D eigenvalue weighted by Gasteiger charge is -2.12. The molecule has 0 saturated heterocycles. The van der Waals surface area contributed by atoms with Gasteiger partial charge in [0.25, 0.3) is 5.91 Å². The van der Waals surface area contributed by atoms with E-state index in [1.807, 2.05) is 58.0 Å². The van der Waals surface area contributed by atoms with Gasteiger partial charge in [-0.2, -0.15) is 0 Å². The monoisotopic (exact) mass is 410 g/mol. The molecule has 0 spiro atoms. The summed E-state index contributed by atoms with van der Waals surface area (Å²) in [7, 11) is 0. The van der Waals surface area contributed by atoms with E-state index in [0.29, 0.717) is 20.8 Å². The second-order valence-electron chi connectivity index (χ2n) is 6.61. The number of nitrogens with one attached hydrogen (secondary N) is 3. The summed E-state index contributed by atoms with van der Waals surface area (Å²) in [5, 5.41) is 10.2. The number of amides is 1. The highest BCUT2D eigenvalue weighted by atomic mass is 32.1. The van der Waals surface area contributed by atoms with Crippen LogP contribution in [0, 0.1) is 27.7 Å². The van der Waals surface area contributed by atoms with Crippen LogP contribution in [0.2, 0.25) is 0 Å². The van der Waals surface area contributed by atoms with Crippen LogP contribution in [-0.4, -0.2) is 16.0 Å². The van der Waals surface area contributed by atoms with Crippen LogP contribution < -0.4 is 16.0 Å². The first-order valence-electron chi connectivity index (χ1n) is 8.83. The maximum Gasteiger partial charge on any atom is 0.267 e. The fourth-order valence-electron chi connectivity index (χ4n) is 2.99. The Morgan fingerprint density at radius 1 is 0.964 bits per heavy atom. The lowest BCUT2D eigenvalue weighted by atomic mass is 10.1. The molecule has 1 aromatic heterocycles. The second kappa shape index (κ2) is 8.50. The Kier molecular flexibility index (Phi) is 6.06. The lowest BCUT2D eigenvalue weighted by molar-refractivity contribution is 0.102. The molecule has 0 aliphatic heterocycles. The summed E-state index contributed by atoms with van der Waals surface area (Å²) in [4.78, 5) is 17.8. The topological polar surface area (TPSA) is 66.1 Å². The number of thiazole rings is 1. The molecule has 28 heavy (non-hydrogen) atoms. The third-order valence-electron chi connectivity index (χ3n) is 4.17. The van der Waals surface area contributed by atoms with E-state index in [9.17, 15) is 4.79 Å². The van der Waals surface area contributed by atoms with Crippen molar-refractivity contribution in [2.45, 2.75) is 27.7 Å². The van der Waals surface area contributed by atoms with Crippen molar-refractivity contribution in [2.24, 2.45) is 0 Å². The van der Waals surface area contributed by atoms with Crippen molar-refractivity contribution in [3.05, 3.63) is 69.7 Å². The van der Waals surface area contributed by atoms with Crippen LogP contribution in [0.1, 0.15) is 32.1 Å². The van der Waals surface area contributed by atoms with Crippen molar-refractivity contribution >= 4 is 51.1 Å². The molecular formula is C21H22N4OS2. The maximum atomic E-state index is 12.8. The standard InChI is InChI=1S/C21H22N4OS2/c1-12-10-13(2)17(14(3)11-12)24-19(26)18-15(4)22-21(28-18)25-20(27)23-16-8-6-5-7-9-16/h5-11H,1-4H3,(H,24,26)(H2,22,23,25,27). The Hall–Kier alpha value is -2.77. The summed E-state index contributed by atoms with van der Waals surface area (Å²) < 4.78 is 0. The van der Waals surface area contributed by atoms with E-state index in [4.69, 9.17) is 12.2 Å². The lowest BCUT2D eigenvalue weighted by Crippen LogP contribution is -2.18. The molecule has 5 nitrogen and oxygen atoms in total. The summed E-state index contributed by atoms with van der Waals surface area (Å²) >= 11 is 6.61. The van der Waals surface area contributed by atoms with E-state index < -0.39 is 0 Å². The highest BCUT2D eigenvalue weighted by Gasteiger charge is 2.17. The number of aryl methyl sites for hydroxylation is 4. The van der Waals surface area contributed by atoms with Gasteiger partial charge in [0.05, 0.1) is 5.69 Å². The van der Waals surface area contributed by atoms with Crippen molar-refractivity contribution in [2.75, 3.05) is 16.0 Å². The quantitative estimate of drug-likeness (QED) is 0.500. The van der Waals surface area contributed by atoms with E-state index >= 15 is 0 Å². The highest BCUT2D eigenvalue weighted by molar-refractivity contribution is 7.80. The Balaban J connectivity index is 1.71. The number of carbonyl (C=O) groups is 1. The third kappa shape index (κ3) is 4.74. The number of nitrogens with zero attached hydrogens (tertiary/aromatic N) is 1. The normalized spacial score (nSPS) is 10.4. The van der Waals surface area contributed by atoms with Crippen LogP contribution in [0.15, 0.2) is 42.5 Å². The largest absolute Gasteiger partial charge is 0.332 e. The molecule has 0 radical (unpaired) electrons. The number of para-hydroxylation sites is 1. The number of benzene rings is 2. The van der Waals surface area contributed by atoms with Crippen molar-refractivity contribution in [3.8, 4) is 0 Å². The van der Waals surface area contributed by atoms with Gasteiger partial charge in [0.2, 0.25) is 0 Å². The van der Waals surface area contributed by atoms with Crippen LogP contribution >= 0.6 is 23.6 Å². The van der Waals surface area contributed by atoms with Crippen molar-refractivity contribution in [1.82, 2.24) is 4.98 Å².